The average molecular weight is 492 g/mol. The molecule has 1 N–H and O–H groups in total. The van der Waals surface area contributed by atoms with Crippen LogP contribution >= 0.6 is 0 Å². The zero-order valence-corrected chi connectivity index (χ0v) is 21.4. The van der Waals surface area contributed by atoms with Crippen LogP contribution in [-0.4, -0.2) is 36.0 Å². The van der Waals surface area contributed by atoms with Crippen LogP contribution in [0, 0.1) is 0 Å². The lowest BCUT2D eigenvalue weighted by Gasteiger charge is -2.24. The van der Waals surface area contributed by atoms with E-state index in [0.29, 0.717) is 23.8 Å². The first-order valence-electron chi connectivity index (χ1n) is 13.0. The third-order valence-electron chi connectivity index (χ3n) is 7.09. The van der Waals surface area contributed by atoms with Crippen molar-refractivity contribution in [2.75, 3.05) is 20.3 Å². The lowest BCUT2D eigenvalue weighted by Crippen LogP contribution is -2.10. The zero-order valence-electron chi connectivity index (χ0n) is 21.4. The molecule has 1 saturated carbocycles. The van der Waals surface area contributed by atoms with E-state index in [2.05, 4.69) is 24.1 Å². The minimum absolute atomic E-state index is 0.0711. The molecule has 2 aromatic carbocycles. The number of unbranched alkanes of at least 4 members (excludes halogenated alkanes) is 1. The smallest absolute Gasteiger partial charge is 0.337 e. The average Bonchev–Trinajstić information content (AvgIpc) is 3.27. The normalized spacial score (nSPS) is 14.3. The summed E-state index contributed by atoms with van der Waals surface area (Å²) in [7, 11) is 1.39. The molecule has 4 rings (SSSR count). The minimum Gasteiger partial charge on any atom is -0.465 e. The molecular formula is C30H37NO5. The third-order valence-corrected chi connectivity index (χ3v) is 7.09. The van der Waals surface area contributed by atoms with Gasteiger partial charge in [-0.1, -0.05) is 69.5 Å². The number of aliphatic hydroxyl groups excluding tert-OH is 1. The summed E-state index contributed by atoms with van der Waals surface area (Å²) in [6.07, 6.45) is 7.78. The van der Waals surface area contributed by atoms with Crippen LogP contribution in [0.2, 0.25) is 0 Å². The van der Waals surface area contributed by atoms with Crippen molar-refractivity contribution < 1.29 is 24.4 Å². The van der Waals surface area contributed by atoms with E-state index in [1.54, 1.807) is 0 Å². The first-order valence-corrected chi connectivity index (χ1v) is 13.0. The fourth-order valence-electron chi connectivity index (χ4n) is 5.28. The van der Waals surface area contributed by atoms with E-state index in [0.717, 1.165) is 53.4 Å². The number of methoxy groups -OCH3 is 1. The fourth-order valence-corrected chi connectivity index (χ4v) is 5.28. The molecule has 1 aromatic heterocycles. The Morgan fingerprint density at radius 2 is 1.89 bits per heavy atom. The molecule has 0 atom stereocenters. The number of rotatable bonds is 11. The lowest BCUT2D eigenvalue weighted by atomic mass is 9.81. The van der Waals surface area contributed by atoms with Crippen molar-refractivity contribution in [3.8, 4) is 11.3 Å². The third kappa shape index (κ3) is 5.41. The summed E-state index contributed by atoms with van der Waals surface area (Å²) in [6.45, 7) is 7.10. The van der Waals surface area contributed by atoms with Gasteiger partial charge in [0.25, 0.3) is 0 Å². The summed E-state index contributed by atoms with van der Waals surface area (Å²) in [5, 5.41) is 11.3. The molecule has 0 aliphatic heterocycles. The maximum Gasteiger partial charge on any atom is 0.337 e. The van der Waals surface area contributed by atoms with Crippen LogP contribution in [0.15, 0.2) is 49.0 Å². The Morgan fingerprint density at radius 3 is 2.61 bits per heavy atom. The SMILES string of the molecule is C=C(COOCCCC)n1c(-c2ccccc2CO)c(C2CCCCC2)c2ccc(C(=O)OC)cc21. The predicted molar refractivity (Wildman–Crippen MR) is 143 cm³/mol. The second-order valence-corrected chi connectivity index (χ2v) is 9.48. The van der Waals surface area contributed by atoms with Crippen LogP contribution in [0.3, 0.4) is 0 Å². The molecule has 3 aromatic rings. The van der Waals surface area contributed by atoms with Gasteiger partial charge in [0, 0.05) is 16.6 Å². The molecule has 1 fully saturated rings. The maximum atomic E-state index is 12.4. The van der Waals surface area contributed by atoms with Gasteiger partial charge in [-0.05, 0) is 48.4 Å². The van der Waals surface area contributed by atoms with Gasteiger partial charge in [0.15, 0.2) is 0 Å². The second kappa shape index (κ2) is 12.3. The molecule has 1 heterocycles. The van der Waals surface area contributed by atoms with E-state index in [1.165, 1.54) is 31.9 Å². The van der Waals surface area contributed by atoms with Crippen LogP contribution in [0.5, 0.6) is 0 Å². The van der Waals surface area contributed by atoms with Gasteiger partial charge in [0.1, 0.15) is 6.61 Å². The highest BCUT2D eigenvalue weighted by molar-refractivity contribution is 6.00. The van der Waals surface area contributed by atoms with Crippen LogP contribution in [-0.2, 0) is 21.1 Å². The Bertz CT molecular complexity index is 1210. The van der Waals surface area contributed by atoms with E-state index in [9.17, 15) is 9.90 Å². The Balaban J connectivity index is 1.94. The molecule has 0 saturated heterocycles. The number of ether oxygens (including phenoxy) is 1. The maximum absolute atomic E-state index is 12.4. The molecule has 0 bridgehead atoms. The van der Waals surface area contributed by atoms with Gasteiger partial charge >= 0.3 is 5.97 Å². The van der Waals surface area contributed by atoms with Gasteiger partial charge in [-0.3, -0.25) is 0 Å². The number of esters is 1. The number of benzene rings is 2. The largest absolute Gasteiger partial charge is 0.465 e. The topological polar surface area (TPSA) is 69.9 Å². The molecule has 6 heteroatoms. The number of aliphatic hydroxyl groups is 1. The van der Waals surface area contributed by atoms with Crippen molar-refractivity contribution >= 4 is 22.6 Å². The second-order valence-electron chi connectivity index (χ2n) is 9.48. The molecular weight excluding hydrogens is 454 g/mol. The molecule has 192 valence electrons. The molecule has 0 amide bonds. The fraction of sp³-hybridized carbons (Fsp3) is 0.433. The van der Waals surface area contributed by atoms with Crippen molar-refractivity contribution in [1.29, 1.82) is 0 Å². The number of hydrogen-bond donors (Lipinski definition) is 1. The number of fused-ring (bicyclic) bond motifs is 1. The highest BCUT2D eigenvalue weighted by Crippen LogP contribution is 2.46. The van der Waals surface area contributed by atoms with Crippen LogP contribution in [0.1, 0.15) is 79.3 Å². The van der Waals surface area contributed by atoms with E-state index in [-0.39, 0.29) is 19.2 Å². The number of hydrogen-bond acceptors (Lipinski definition) is 5. The molecule has 0 unspecified atom stereocenters. The monoisotopic (exact) mass is 491 g/mol. The predicted octanol–water partition coefficient (Wildman–Crippen LogP) is 6.85. The van der Waals surface area contributed by atoms with Gasteiger partial charge in [-0.15, -0.1) is 0 Å². The van der Waals surface area contributed by atoms with E-state index >= 15 is 0 Å². The summed E-state index contributed by atoms with van der Waals surface area (Å²) in [6, 6.07) is 13.7. The van der Waals surface area contributed by atoms with Crippen LogP contribution < -0.4 is 0 Å². The highest BCUT2D eigenvalue weighted by Gasteiger charge is 2.29. The van der Waals surface area contributed by atoms with Crippen molar-refractivity contribution in [2.24, 2.45) is 0 Å². The zero-order chi connectivity index (χ0) is 25.5. The first kappa shape index (κ1) is 26.1. The number of aromatic nitrogens is 1. The Labute approximate surface area is 213 Å². The summed E-state index contributed by atoms with van der Waals surface area (Å²) in [5.74, 6) is -0.00585. The molecule has 6 nitrogen and oxygen atoms in total. The Kier molecular flexibility index (Phi) is 8.97. The molecule has 1 aliphatic carbocycles. The summed E-state index contributed by atoms with van der Waals surface area (Å²) in [4.78, 5) is 23.4. The highest BCUT2D eigenvalue weighted by atomic mass is 17.2. The van der Waals surface area contributed by atoms with Crippen molar-refractivity contribution in [3.05, 3.63) is 65.7 Å². The standard InChI is InChI=1S/C30H37NO5/c1-4-5-17-35-36-20-21(2)31-27-18-23(30(33)34-3)15-16-26(27)28(22-11-7-6-8-12-22)29(31)25-14-10-9-13-24(25)19-32/h9-10,13-16,18,22,32H,2,4-8,11-12,17,19-20H2,1,3H3. The minimum atomic E-state index is -0.383. The van der Waals surface area contributed by atoms with E-state index in [1.807, 2.05) is 36.4 Å². The number of carbonyl (C=O) groups excluding carboxylic acids is 1. The quantitative estimate of drug-likeness (QED) is 0.137. The molecule has 0 spiro atoms. The number of carbonyl (C=O) groups is 1. The van der Waals surface area contributed by atoms with Crippen LogP contribution in [0.25, 0.3) is 27.9 Å². The summed E-state index contributed by atoms with van der Waals surface area (Å²) < 4.78 is 7.10. The summed E-state index contributed by atoms with van der Waals surface area (Å²) >= 11 is 0. The van der Waals surface area contributed by atoms with Gasteiger partial charge in [-0.25, -0.2) is 14.6 Å². The van der Waals surface area contributed by atoms with E-state index < -0.39 is 0 Å². The van der Waals surface area contributed by atoms with Gasteiger partial charge < -0.3 is 14.4 Å². The van der Waals surface area contributed by atoms with Gasteiger partial charge in [0.2, 0.25) is 0 Å². The Morgan fingerprint density at radius 1 is 1.11 bits per heavy atom. The molecule has 1 aliphatic rings. The van der Waals surface area contributed by atoms with Crippen molar-refractivity contribution in [3.63, 3.8) is 0 Å². The van der Waals surface area contributed by atoms with Crippen LogP contribution in [0.4, 0.5) is 0 Å². The Hall–Kier alpha value is -2.93. The summed E-state index contributed by atoms with van der Waals surface area (Å²) in [5.41, 5.74) is 6.12. The van der Waals surface area contributed by atoms with E-state index in [4.69, 9.17) is 14.5 Å². The van der Waals surface area contributed by atoms with Gasteiger partial charge in [0.05, 0.1) is 37.1 Å². The molecule has 36 heavy (non-hydrogen) atoms. The number of nitrogens with zero attached hydrogens (tertiary/aromatic N) is 1. The molecule has 0 radical (unpaired) electrons. The lowest BCUT2D eigenvalue weighted by molar-refractivity contribution is -0.285. The van der Waals surface area contributed by atoms with Crippen molar-refractivity contribution in [2.45, 2.75) is 64.4 Å². The van der Waals surface area contributed by atoms with Crippen molar-refractivity contribution in [1.82, 2.24) is 4.57 Å². The van der Waals surface area contributed by atoms with Gasteiger partial charge in [-0.2, -0.15) is 0 Å². The first-order chi connectivity index (χ1) is 17.6.